The van der Waals surface area contributed by atoms with Crippen LogP contribution in [0.3, 0.4) is 0 Å². The lowest BCUT2D eigenvalue weighted by Gasteiger charge is -2.02. The number of hydrogen-bond acceptors (Lipinski definition) is 4. The molecule has 24 heavy (non-hydrogen) atoms. The summed E-state index contributed by atoms with van der Waals surface area (Å²) >= 11 is 0. The summed E-state index contributed by atoms with van der Waals surface area (Å²) in [5.74, 6) is -1.02. The highest BCUT2D eigenvalue weighted by atomic mass is 19.2. The van der Waals surface area contributed by atoms with E-state index in [4.69, 9.17) is 4.52 Å². The van der Waals surface area contributed by atoms with Crippen LogP contribution in [0.25, 0.3) is 34.0 Å². The zero-order chi connectivity index (χ0) is 16.5. The Morgan fingerprint density at radius 2 is 1.83 bits per heavy atom. The van der Waals surface area contributed by atoms with Crippen LogP contribution in [-0.4, -0.2) is 20.1 Å². The molecular weight excluding hydrogens is 314 g/mol. The molecule has 0 spiro atoms. The van der Waals surface area contributed by atoms with E-state index in [0.29, 0.717) is 28.4 Å². The van der Waals surface area contributed by atoms with Crippen molar-refractivity contribution in [2.75, 3.05) is 0 Å². The third-order valence-electron chi connectivity index (χ3n) is 3.56. The van der Waals surface area contributed by atoms with Crippen molar-refractivity contribution in [1.29, 1.82) is 0 Å². The van der Waals surface area contributed by atoms with Crippen LogP contribution in [0.2, 0.25) is 0 Å². The summed E-state index contributed by atoms with van der Waals surface area (Å²) < 4.78 is 32.8. The van der Waals surface area contributed by atoms with Gasteiger partial charge in [0.25, 0.3) is 0 Å². The number of benzene rings is 1. The number of aromatic amines is 1. The highest BCUT2D eigenvalue weighted by Gasteiger charge is 2.19. The second-order valence-electron chi connectivity index (χ2n) is 5.04. The minimum atomic E-state index is -0.941. The minimum Gasteiger partial charge on any atom is -0.358 e. The first kappa shape index (κ1) is 14.3. The highest BCUT2D eigenvalue weighted by Crippen LogP contribution is 2.35. The van der Waals surface area contributed by atoms with Crippen LogP contribution in [0.15, 0.2) is 59.6 Å². The first-order valence-electron chi connectivity index (χ1n) is 7.09. The van der Waals surface area contributed by atoms with E-state index in [2.05, 4.69) is 20.1 Å². The molecule has 3 heterocycles. The second-order valence-corrected chi connectivity index (χ2v) is 5.04. The molecule has 0 aliphatic rings. The summed E-state index contributed by atoms with van der Waals surface area (Å²) in [7, 11) is 0. The maximum absolute atomic E-state index is 14.1. The third kappa shape index (κ3) is 2.36. The minimum absolute atomic E-state index is 0.0879. The van der Waals surface area contributed by atoms with Crippen molar-refractivity contribution < 1.29 is 13.3 Å². The monoisotopic (exact) mass is 324 g/mol. The number of aromatic nitrogens is 4. The van der Waals surface area contributed by atoms with E-state index >= 15 is 0 Å². The maximum atomic E-state index is 14.1. The molecule has 0 bridgehead atoms. The fourth-order valence-electron chi connectivity index (χ4n) is 2.44. The molecule has 4 rings (SSSR count). The van der Waals surface area contributed by atoms with Gasteiger partial charge in [-0.2, -0.15) is 0 Å². The Bertz CT molecular complexity index is 995. The van der Waals surface area contributed by atoms with E-state index < -0.39 is 11.6 Å². The summed E-state index contributed by atoms with van der Waals surface area (Å²) in [5.41, 5.74) is 1.76. The zero-order valence-corrected chi connectivity index (χ0v) is 12.2. The molecule has 3 aromatic heterocycles. The molecule has 4 aromatic rings. The largest absolute Gasteiger partial charge is 0.358 e. The highest BCUT2D eigenvalue weighted by molar-refractivity contribution is 5.80. The van der Waals surface area contributed by atoms with Crippen molar-refractivity contribution in [1.82, 2.24) is 20.1 Å². The lowest BCUT2D eigenvalue weighted by Crippen LogP contribution is -1.89. The Morgan fingerprint density at radius 3 is 2.67 bits per heavy atom. The van der Waals surface area contributed by atoms with Crippen LogP contribution >= 0.6 is 0 Å². The average molecular weight is 324 g/mol. The average Bonchev–Trinajstić information content (AvgIpc) is 3.27. The lowest BCUT2D eigenvalue weighted by atomic mass is 10.0. The summed E-state index contributed by atoms with van der Waals surface area (Å²) in [5, 5.41) is 3.72. The van der Waals surface area contributed by atoms with Crippen molar-refractivity contribution >= 4 is 0 Å². The van der Waals surface area contributed by atoms with E-state index in [0.717, 1.165) is 6.07 Å². The molecule has 0 aliphatic heterocycles. The number of nitrogens with one attached hydrogen (secondary N) is 1. The molecule has 0 fully saturated rings. The molecule has 0 aliphatic carbocycles. The van der Waals surface area contributed by atoms with E-state index in [-0.39, 0.29) is 5.56 Å². The molecule has 5 nitrogen and oxygen atoms in total. The van der Waals surface area contributed by atoms with Crippen LogP contribution in [0.1, 0.15) is 0 Å². The molecule has 0 amide bonds. The van der Waals surface area contributed by atoms with Gasteiger partial charge in [-0.25, -0.2) is 18.7 Å². The van der Waals surface area contributed by atoms with Crippen molar-refractivity contribution in [3.8, 4) is 34.0 Å². The lowest BCUT2D eigenvalue weighted by molar-refractivity contribution is 0.432. The van der Waals surface area contributed by atoms with Gasteiger partial charge in [-0.3, -0.25) is 0 Å². The van der Waals surface area contributed by atoms with Gasteiger partial charge in [0, 0.05) is 29.7 Å². The Balaban J connectivity index is 1.79. The van der Waals surface area contributed by atoms with Gasteiger partial charge in [0.2, 0.25) is 0 Å². The molecule has 1 N–H and O–H groups in total. The van der Waals surface area contributed by atoms with Gasteiger partial charge in [0.15, 0.2) is 23.2 Å². The van der Waals surface area contributed by atoms with Crippen LogP contribution in [0, 0.1) is 11.6 Å². The van der Waals surface area contributed by atoms with E-state index in [1.165, 1.54) is 18.3 Å². The predicted octanol–water partition coefficient (Wildman–Crippen LogP) is 4.07. The Kier molecular flexibility index (Phi) is 3.38. The molecule has 0 saturated carbocycles. The topological polar surface area (TPSA) is 67.6 Å². The number of halogens is 2. The fourth-order valence-corrected chi connectivity index (χ4v) is 2.44. The summed E-state index contributed by atoms with van der Waals surface area (Å²) in [6, 6.07) is 7.45. The van der Waals surface area contributed by atoms with Gasteiger partial charge >= 0.3 is 0 Å². The van der Waals surface area contributed by atoms with Gasteiger partial charge in [0.1, 0.15) is 0 Å². The summed E-state index contributed by atoms with van der Waals surface area (Å²) in [6.07, 6.45) is 6.29. The van der Waals surface area contributed by atoms with Crippen molar-refractivity contribution in [2.24, 2.45) is 0 Å². The Labute approximate surface area is 135 Å². The first-order chi connectivity index (χ1) is 11.7. The van der Waals surface area contributed by atoms with Crippen LogP contribution in [0.4, 0.5) is 8.78 Å². The van der Waals surface area contributed by atoms with Crippen LogP contribution in [-0.2, 0) is 0 Å². The smallest absolute Gasteiger partial charge is 0.176 e. The van der Waals surface area contributed by atoms with Crippen molar-refractivity contribution in [3.05, 3.63) is 66.8 Å². The number of H-pyrrole nitrogens is 1. The molecular formula is C17H10F2N4O. The molecule has 1 aromatic carbocycles. The number of nitrogens with zero attached hydrogens (tertiary/aromatic N) is 3. The maximum Gasteiger partial charge on any atom is 0.176 e. The summed E-state index contributed by atoms with van der Waals surface area (Å²) in [4.78, 5) is 11.3. The SMILES string of the molecule is Fc1cccc(-c2cnoc2-c2c[nH]c(-c3ncccn3)c2)c1F. The van der Waals surface area contributed by atoms with E-state index in [9.17, 15) is 8.78 Å². The van der Waals surface area contributed by atoms with Crippen molar-refractivity contribution in [2.45, 2.75) is 0 Å². The first-order valence-corrected chi connectivity index (χ1v) is 7.09. The molecule has 118 valence electrons. The zero-order valence-electron chi connectivity index (χ0n) is 12.2. The Morgan fingerprint density at radius 1 is 1.00 bits per heavy atom. The summed E-state index contributed by atoms with van der Waals surface area (Å²) in [6.45, 7) is 0. The molecule has 0 saturated heterocycles. The number of rotatable bonds is 3. The van der Waals surface area contributed by atoms with E-state index in [1.54, 1.807) is 30.7 Å². The predicted molar refractivity (Wildman–Crippen MR) is 82.7 cm³/mol. The van der Waals surface area contributed by atoms with Crippen molar-refractivity contribution in [3.63, 3.8) is 0 Å². The molecule has 0 unspecified atom stereocenters. The quantitative estimate of drug-likeness (QED) is 0.617. The number of hydrogen-bond donors (Lipinski definition) is 1. The van der Waals surface area contributed by atoms with Gasteiger partial charge in [-0.1, -0.05) is 17.3 Å². The molecule has 0 radical (unpaired) electrons. The van der Waals surface area contributed by atoms with Gasteiger partial charge < -0.3 is 9.51 Å². The van der Waals surface area contributed by atoms with E-state index in [1.807, 2.05) is 0 Å². The molecule has 7 heteroatoms. The molecule has 0 atom stereocenters. The normalized spacial score (nSPS) is 10.9. The van der Waals surface area contributed by atoms with Gasteiger partial charge in [-0.15, -0.1) is 0 Å². The van der Waals surface area contributed by atoms with Crippen LogP contribution < -0.4 is 0 Å². The standard InChI is InChI=1S/C17H10F2N4O/c18-13-4-1-3-11(15(13)19)12-9-23-24-16(12)10-7-14(22-8-10)17-20-5-2-6-21-17/h1-9,22H. The second kappa shape index (κ2) is 5.69. The Hall–Kier alpha value is -3.35. The van der Waals surface area contributed by atoms with Gasteiger partial charge in [0.05, 0.1) is 17.5 Å². The third-order valence-corrected chi connectivity index (χ3v) is 3.56. The van der Waals surface area contributed by atoms with Gasteiger partial charge in [-0.05, 0) is 18.2 Å². The fraction of sp³-hybridized carbons (Fsp3) is 0. The van der Waals surface area contributed by atoms with Crippen LogP contribution in [0.5, 0.6) is 0 Å².